The molecule has 92 valence electrons. The van der Waals surface area contributed by atoms with Gasteiger partial charge in [0.25, 0.3) is 0 Å². The number of fused-ring (bicyclic) bond motifs is 5. The van der Waals surface area contributed by atoms with Crippen molar-refractivity contribution in [3.05, 3.63) is 58.0 Å². The van der Waals surface area contributed by atoms with Crippen molar-refractivity contribution in [3.63, 3.8) is 0 Å². The minimum Gasteiger partial charge on any atom is -0.456 e. The first-order valence-electron chi connectivity index (χ1n) is 5.93. The molecule has 0 aliphatic heterocycles. The van der Waals surface area contributed by atoms with Crippen LogP contribution in [0.3, 0.4) is 0 Å². The molecule has 1 nitrogen and oxygen atoms in total. The molecule has 0 unspecified atom stereocenters. The molecule has 0 amide bonds. The minimum atomic E-state index is 0.723. The maximum absolute atomic E-state index is 6.33. The Morgan fingerprint density at radius 1 is 0.842 bits per heavy atom. The molecule has 0 N–H and O–H groups in total. The molecule has 1 aromatic heterocycles. The van der Waals surface area contributed by atoms with Crippen LogP contribution >= 0.6 is 27.5 Å². The van der Waals surface area contributed by atoms with Crippen LogP contribution in [0.5, 0.6) is 0 Å². The molecular formula is C16H8BrClO. The highest BCUT2D eigenvalue weighted by atomic mass is 79.9. The van der Waals surface area contributed by atoms with Crippen molar-refractivity contribution >= 4 is 60.2 Å². The summed E-state index contributed by atoms with van der Waals surface area (Å²) in [4.78, 5) is 0. The van der Waals surface area contributed by atoms with Gasteiger partial charge >= 0.3 is 0 Å². The Labute approximate surface area is 122 Å². The van der Waals surface area contributed by atoms with Crippen LogP contribution in [-0.4, -0.2) is 0 Å². The van der Waals surface area contributed by atoms with Gasteiger partial charge in [-0.1, -0.05) is 51.8 Å². The van der Waals surface area contributed by atoms with E-state index < -0.39 is 0 Å². The molecule has 0 radical (unpaired) electrons. The quantitative estimate of drug-likeness (QED) is 0.376. The lowest BCUT2D eigenvalue weighted by atomic mass is 10.0. The van der Waals surface area contributed by atoms with Crippen molar-refractivity contribution in [2.75, 3.05) is 0 Å². The molecule has 4 rings (SSSR count). The summed E-state index contributed by atoms with van der Waals surface area (Å²) in [7, 11) is 0. The van der Waals surface area contributed by atoms with E-state index in [9.17, 15) is 0 Å². The molecular weight excluding hydrogens is 324 g/mol. The van der Waals surface area contributed by atoms with Crippen molar-refractivity contribution in [2.24, 2.45) is 0 Å². The van der Waals surface area contributed by atoms with Crippen LogP contribution in [0.2, 0.25) is 5.02 Å². The lowest BCUT2D eigenvalue weighted by molar-refractivity contribution is 0.669. The third-order valence-electron chi connectivity index (χ3n) is 3.39. The lowest BCUT2D eigenvalue weighted by Crippen LogP contribution is -1.76. The number of hydrogen-bond acceptors (Lipinski definition) is 1. The Morgan fingerprint density at radius 3 is 2.47 bits per heavy atom. The first-order valence-corrected chi connectivity index (χ1v) is 7.10. The van der Waals surface area contributed by atoms with E-state index in [1.165, 1.54) is 0 Å². The third-order valence-corrected chi connectivity index (χ3v) is 4.20. The highest BCUT2D eigenvalue weighted by Gasteiger charge is 2.12. The van der Waals surface area contributed by atoms with E-state index >= 15 is 0 Å². The normalized spacial score (nSPS) is 11.7. The fourth-order valence-corrected chi connectivity index (χ4v) is 3.18. The van der Waals surface area contributed by atoms with Gasteiger partial charge in [0.2, 0.25) is 0 Å². The molecule has 0 fully saturated rings. The highest BCUT2D eigenvalue weighted by molar-refractivity contribution is 9.10. The second kappa shape index (κ2) is 3.99. The molecule has 1 heterocycles. The Hall–Kier alpha value is -1.51. The topological polar surface area (TPSA) is 13.1 Å². The van der Waals surface area contributed by atoms with Crippen molar-refractivity contribution in [2.45, 2.75) is 0 Å². The average molecular weight is 332 g/mol. The summed E-state index contributed by atoms with van der Waals surface area (Å²) in [6.07, 6.45) is 0. The van der Waals surface area contributed by atoms with E-state index in [1.54, 1.807) is 0 Å². The minimum absolute atomic E-state index is 0.723. The van der Waals surface area contributed by atoms with Gasteiger partial charge in [0, 0.05) is 26.7 Å². The molecule has 4 aromatic rings. The van der Waals surface area contributed by atoms with E-state index in [0.29, 0.717) is 0 Å². The van der Waals surface area contributed by atoms with Crippen LogP contribution in [0, 0.1) is 0 Å². The third kappa shape index (κ3) is 1.60. The number of rotatable bonds is 0. The smallest absolute Gasteiger partial charge is 0.137 e. The Morgan fingerprint density at radius 2 is 1.63 bits per heavy atom. The standard InChI is InChI=1S/C16H8BrClO/c17-9-5-6-12-14(7-9)19-15-8-13(18)10-3-1-2-4-11(10)16(12)15/h1-8H. The Bertz CT molecular complexity index is 940. The lowest BCUT2D eigenvalue weighted by Gasteiger charge is -2.01. The van der Waals surface area contributed by atoms with Crippen LogP contribution in [0.15, 0.2) is 57.4 Å². The zero-order valence-electron chi connectivity index (χ0n) is 9.78. The van der Waals surface area contributed by atoms with Crippen LogP contribution in [-0.2, 0) is 0 Å². The fraction of sp³-hybridized carbons (Fsp3) is 0. The number of hydrogen-bond donors (Lipinski definition) is 0. The second-order valence-electron chi connectivity index (χ2n) is 4.52. The van der Waals surface area contributed by atoms with Crippen molar-refractivity contribution in [3.8, 4) is 0 Å². The Kier molecular flexibility index (Phi) is 2.38. The van der Waals surface area contributed by atoms with Crippen LogP contribution in [0.4, 0.5) is 0 Å². The zero-order chi connectivity index (χ0) is 13.0. The summed E-state index contributed by atoms with van der Waals surface area (Å²) in [6.45, 7) is 0. The van der Waals surface area contributed by atoms with Gasteiger partial charge < -0.3 is 4.42 Å². The van der Waals surface area contributed by atoms with Gasteiger partial charge in [0.15, 0.2) is 0 Å². The van der Waals surface area contributed by atoms with E-state index in [1.807, 2.05) is 36.4 Å². The van der Waals surface area contributed by atoms with Gasteiger partial charge in [-0.2, -0.15) is 0 Å². The largest absolute Gasteiger partial charge is 0.456 e. The van der Waals surface area contributed by atoms with Crippen molar-refractivity contribution in [1.82, 2.24) is 0 Å². The summed E-state index contributed by atoms with van der Waals surface area (Å²) < 4.78 is 6.92. The van der Waals surface area contributed by atoms with E-state index in [0.717, 1.165) is 42.2 Å². The molecule has 3 heteroatoms. The molecule has 0 saturated heterocycles. The Balaban J connectivity index is 2.34. The fourth-order valence-electron chi connectivity index (χ4n) is 2.57. The van der Waals surface area contributed by atoms with Gasteiger partial charge in [-0.15, -0.1) is 0 Å². The number of furan rings is 1. The predicted molar refractivity (Wildman–Crippen MR) is 83.9 cm³/mol. The van der Waals surface area contributed by atoms with Gasteiger partial charge in [-0.25, -0.2) is 0 Å². The summed E-state index contributed by atoms with van der Waals surface area (Å²) in [5.41, 5.74) is 1.70. The van der Waals surface area contributed by atoms with Gasteiger partial charge in [0.05, 0.1) is 5.02 Å². The first kappa shape index (κ1) is 11.3. The maximum Gasteiger partial charge on any atom is 0.137 e. The SMILES string of the molecule is Clc1cc2oc3cc(Br)ccc3c2c2ccccc12. The van der Waals surface area contributed by atoms with Gasteiger partial charge in [0.1, 0.15) is 11.2 Å². The van der Waals surface area contributed by atoms with Crippen LogP contribution in [0.25, 0.3) is 32.7 Å². The van der Waals surface area contributed by atoms with Gasteiger partial charge in [-0.05, 0) is 23.6 Å². The molecule has 3 aromatic carbocycles. The van der Waals surface area contributed by atoms with E-state index in [4.69, 9.17) is 16.0 Å². The van der Waals surface area contributed by atoms with E-state index in [-0.39, 0.29) is 0 Å². The second-order valence-corrected chi connectivity index (χ2v) is 5.84. The average Bonchev–Trinajstić information content (AvgIpc) is 2.76. The van der Waals surface area contributed by atoms with E-state index in [2.05, 4.69) is 28.1 Å². The van der Waals surface area contributed by atoms with Crippen molar-refractivity contribution in [1.29, 1.82) is 0 Å². The van der Waals surface area contributed by atoms with Crippen LogP contribution < -0.4 is 0 Å². The predicted octanol–water partition coefficient (Wildman–Crippen LogP) is 6.16. The summed E-state index contributed by atoms with van der Waals surface area (Å²) in [5, 5.41) is 5.16. The molecule has 0 atom stereocenters. The molecule has 19 heavy (non-hydrogen) atoms. The van der Waals surface area contributed by atoms with Crippen LogP contribution in [0.1, 0.15) is 0 Å². The van der Waals surface area contributed by atoms with Gasteiger partial charge in [-0.3, -0.25) is 0 Å². The zero-order valence-corrected chi connectivity index (χ0v) is 12.1. The molecule has 0 aliphatic rings. The summed E-state index contributed by atoms with van der Waals surface area (Å²) in [5.74, 6) is 0. The summed E-state index contributed by atoms with van der Waals surface area (Å²) >= 11 is 9.79. The molecule has 0 saturated carbocycles. The first-order chi connectivity index (χ1) is 9.24. The molecule has 0 spiro atoms. The summed E-state index contributed by atoms with van der Waals surface area (Å²) in [6, 6.07) is 16.1. The number of halogens is 2. The molecule has 0 bridgehead atoms. The monoisotopic (exact) mass is 330 g/mol. The number of benzene rings is 3. The molecule has 0 aliphatic carbocycles. The van der Waals surface area contributed by atoms with Crippen molar-refractivity contribution < 1.29 is 4.42 Å². The highest BCUT2D eigenvalue weighted by Crippen LogP contribution is 2.38. The maximum atomic E-state index is 6.33.